The molecule has 0 spiro atoms. The van der Waals surface area contributed by atoms with Gasteiger partial charge in [-0.2, -0.15) is 0 Å². The van der Waals surface area contributed by atoms with Gasteiger partial charge in [-0.05, 0) is 24.3 Å². The summed E-state index contributed by atoms with van der Waals surface area (Å²) >= 11 is 3.13. The summed E-state index contributed by atoms with van der Waals surface area (Å²) in [5.41, 5.74) is 0.948. The second-order valence-electron chi connectivity index (χ2n) is 4.18. The Bertz CT molecular complexity index is 708. The highest BCUT2D eigenvalue weighted by Crippen LogP contribution is 2.25. The Balaban J connectivity index is 1.57. The lowest BCUT2D eigenvalue weighted by Crippen LogP contribution is -2.10. The van der Waals surface area contributed by atoms with Crippen molar-refractivity contribution < 1.29 is 9.21 Å². The zero-order valence-electron chi connectivity index (χ0n) is 11.0. The van der Waals surface area contributed by atoms with Crippen molar-refractivity contribution in [3.05, 3.63) is 65.6 Å². The zero-order chi connectivity index (χ0) is 14.5. The van der Waals surface area contributed by atoms with Crippen LogP contribution in [0.2, 0.25) is 0 Å². The van der Waals surface area contributed by atoms with Gasteiger partial charge in [0, 0.05) is 16.0 Å². The van der Waals surface area contributed by atoms with Gasteiger partial charge in [-0.25, -0.2) is 4.98 Å². The molecular weight excluding hydrogens is 304 g/mol. The van der Waals surface area contributed by atoms with Crippen molar-refractivity contribution in [1.29, 1.82) is 0 Å². The summed E-state index contributed by atoms with van der Waals surface area (Å²) in [6.45, 7) is 0. The molecule has 0 radical (unpaired) electrons. The Morgan fingerprint density at radius 2 is 2.10 bits per heavy atom. The van der Waals surface area contributed by atoms with Crippen molar-refractivity contribution in [2.24, 2.45) is 0 Å². The van der Waals surface area contributed by atoms with Gasteiger partial charge in [-0.15, -0.1) is 23.1 Å². The summed E-state index contributed by atoms with van der Waals surface area (Å²) in [5.74, 6) is 0.777. The fourth-order valence-corrected chi connectivity index (χ4v) is 3.29. The molecule has 1 N–H and O–H groups in total. The number of benzene rings is 1. The van der Waals surface area contributed by atoms with Gasteiger partial charge in [0.15, 0.2) is 10.9 Å². The van der Waals surface area contributed by atoms with Crippen LogP contribution >= 0.6 is 23.1 Å². The highest BCUT2D eigenvalue weighted by Gasteiger charge is 2.11. The molecule has 0 bridgehead atoms. The van der Waals surface area contributed by atoms with E-state index in [1.807, 2.05) is 23.6 Å². The first-order valence-electron chi connectivity index (χ1n) is 6.28. The molecule has 2 aromatic heterocycles. The van der Waals surface area contributed by atoms with Gasteiger partial charge in [-0.1, -0.05) is 18.2 Å². The molecule has 4 nitrogen and oxygen atoms in total. The molecule has 0 aliphatic carbocycles. The SMILES string of the molecule is O=C(Nc1nc(CSc2ccccc2)cs1)c1ccco1. The Labute approximate surface area is 130 Å². The Morgan fingerprint density at radius 3 is 2.86 bits per heavy atom. The van der Waals surface area contributed by atoms with Crippen LogP contribution in [0.5, 0.6) is 0 Å². The summed E-state index contributed by atoms with van der Waals surface area (Å²) in [7, 11) is 0. The monoisotopic (exact) mass is 316 g/mol. The average molecular weight is 316 g/mol. The van der Waals surface area contributed by atoms with Crippen LogP contribution in [-0.4, -0.2) is 10.9 Å². The molecule has 21 heavy (non-hydrogen) atoms. The summed E-state index contributed by atoms with van der Waals surface area (Å²) in [5, 5.41) is 5.26. The zero-order valence-corrected chi connectivity index (χ0v) is 12.6. The van der Waals surface area contributed by atoms with Gasteiger partial charge in [-0.3, -0.25) is 10.1 Å². The summed E-state index contributed by atoms with van der Waals surface area (Å²) in [6.07, 6.45) is 1.47. The van der Waals surface area contributed by atoms with E-state index in [0.29, 0.717) is 5.13 Å². The molecule has 3 aromatic rings. The van der Waals surface area contributed by atoms with Crippen LogP contribution in [0.4, 0.5) is 5.13 Å². The largest absolute Gasteiger partial charge is 0.459 e. The maximum atomic E-state index is 11.8. The first-order chi connectivity index (χ1) is 10.3. The minimum atomic E-state index is -0.281. The van der Waals surface area contributed by atoms with Gasteiger partial charge < -0.3 is 4.42 Å². The van der Waals surface area contributed by atoms with Crippen LogP contribution in [0.25, 0.3) is 0 Å². The van der Waals surface area contributed by atoms with E-state index in [2.05, 4.69) is 22.4 Å². The van der Waals surface area contributed by atoms with E-state index in [0.717, 1.165) is 11.4 Å². The normalized spacial score (nSPS) is 10.5. The molecule has 1 amide bonds. The Kier molecular flexibility index (Phi) is 4.37. The van der Waals surface area contributed by atoms with E-state index in [1.165, 1.54) is 22.5 Å². The van der Waals surface area contributed by atoms with Gasteiger partial charge in [0.1, 0.15) is 0 Å². The van der Waals surface area contributed by atoms with Gasteiger partial charge in [0.2, 0.25) is 0 Å². The molecule has 0 aliphatic heterocycles. The highest BCUT2D eigenvalue weighted by molar-refractivity contribution is 7.98. The summed E-state index contributed by atoms with van der Waals surface area (Å²) in [4.78, 5) is 17.4. The number of carbonyl (C=O) groups is 1. The van der Waals surface area contributed by atoms with Crippen LogP contribution in [0.15, 0.2) is 63.4 Å². The topological polar surface area (TPSA) is 55.1 Å². The van der Waals surface area contributed by atoms with Crippen LogP contribution in [0, 0.1) is 0 Å². The van der Waals surface area contributed by atoms with Crippen LogP contribution < -0.4 is 5.32 Å². The molecule has 6 heteroatoms. The number of thioether (sulfide) groups is 1. The number of rotatable bonds is 5. The standard InChI is InChI=1S/C15H12N2O2S2/c18-14(13-7-4-8-19-13)17-15-16-11(10-21-15)9-20-12-5-2-1-3-6-12/h1-8,10H,9H2,(H,16,17,18). The van der Waals surface area contributed by atoms with Gasteiger partial charge >= 0.3 is 0 Å². The number of thiazole rings is 1. The molecule has 3 rings (SSSR count). The fraction of sp³-hybridized carbons (Fsp3) is 0.0667. The lowest BCUT2D eigenvalue weighted by Gasteiger charge is -1.99. The molecular formula is C15H12N2O2S2. The van der Waals surface area contributed by atoms with Crippen molar-refractivity contribution in [3.63, 3.8) is 0 Å². The first kappa shape index (κ1) is 13.9. The number of nitrogens with zero attached hydrogens (tertiary/aromatic N) is 1. The quantitative estimate of drug-likeness (QED) is 0.714. The number of carbonyl (C=O) groups excluding carboxylic acids is 1. The first-order valence-corrected chi connectivity index (χ1v) is 8.15. The third-order valence-electron chi connectivity index (χ3n) is 2.65. The van der Waals surface area contributed by atoms with Gasteiger partial charge in [0.05, 0.1) is 12.0 Å². The van der Waals surface area contributed by atoms with E-state index in [-0.39, 0.29) is 11.7 Å². The fourth-order valence-electron chi connectivity index (χ4n) is 1.67. The summed E-state index contributed by atoms with van der Waals surface area (Å²) < 4.78 is 5.04. The maximum absolute atomic E-state index is 11.8. The van der Waals surface area contributed by atoms with Crippen molar-refractivity contribution in [2.75, 3.05) is 5.32 Å². The van der Waals surface area contributed by atoms with E-state index in [9.17, 15) is 4.79 Å². The predicted octanol–water partition coefficient (Wildman–Crippen LogP) is 4.28. The molecule has 0 unspecified atom stereocenters. The number of amides is 1. The van der Waals surface area contributed by atoms with Crippen LogP contribution in [0.1, 0.15) is 16.2 Å². The number of nitrogens with one attached hydrogen (secondary N) is 1. The van der Waals surface area contributed by atoms with E-state index >= 15 is 0 Å². The van der Waals surface area contributed by atoms with Crippen molar-refractivity contribution >= 4 is 34.1 Å². The molecule has 0 saturated heterocycles. The number of hydrogen-bond acceptors (Lipinski definition) is 5. The number of aromatic nitrogens is 1. The van der Waals surface area contributed by atoms with Crippen LogP contribution in [0.3, 0.4) is 0 Å². The van der Waals surface area contributed by atoms with Crippen molar-refractivity contribution in [3.8, 4) is 0 Å². The maximum Gasteiger partial charge on any atom is 0.293 e. The molecule has 1 aromatic carbocycles. The van der Waals surface area contributed by atoms with Gasteiger partial charge in [0.25, 0.3) is 5.91 Å². The number of furan rings is 1. The lowest BCUT2D eigenvalue weighted by atomic mass is 10.4. The van der Waals surface area contributed by atoms with E-state index in [4.69, 9.17) is 4.42 Å². The molecule has 0 saturated carbocycles. The molecule has 2 heterocycles. The van der Waals surface area contributed by atoms with E-state index in [1.54, 1.807) is 23.9 Å². The highest BCUT2D eigenvalue weighted by atomic mass is 32.2. The minimum Gasteiger partial charge on any atom is -0.459 e. The third kappa shape index (κ3) is 3.74. The minimum absolute atomic E-state index is 0.281. The number of anilines is 1. The predicted molar refractivity (Wildman–Crippen MR) is 84.8 cm³/mol. The molecule has 0 fully saturated rings. The van der Waals surface area contributed by atoms with Crippen molar-refractivity contribution in [2.45, 2.75) is 10.6 Å². The molecule has 0 aliphatic rings. The molecule has 0 atom stereocenters. The lowest BCUT2D eigenvalue weighted by molar-refractivity contribution is 0.0996. The Hall–Kier alpha value is -2.05. The van der Waals surface area contributed by atoms with Crippen LogP contribution in [-0.2, 0) is 5.75 Å². The smallest absolute Gasteiger partial charge is 0.293 e. The second-order valence-corrected chi connectivity index (χ2v) is 6.08. The van der Waals surface area contributed by atoms with E-state index < -0.39 is 0 Å². The summed E-state index contributed by atoms with van der Waals surface area (Å²) in [6, 6.07) is 13.5. The van der Waals surface area contributed by atoms with Crippen molar-refractivity contribution in [1.82, 2.24) is 4.98 Å². The molecule has 106 valence electrons. The average Bonchev–Trinajstić information content (AvgIpc) is 3.18. The second kappa shape index (κ2) is 6.60. The number of hydrogen-bond donors (Lipinski definition) is 1. The third-order valence-corrected chi connectivity index (χ3v) is 4.50. The Morgan fingerprint density at radius 1 is 1.24 bits per heavy atom.